The molecule has 0 saturated carbocycles. The van der Waals surface area contributed by atoms with E-state index in [1.54, 1.807) is 0 Å². The van der Waals surface area contributed by atoms with Crippen molar-refractivity contribution in [2.75, 3.05) is 0 Å². The van der Waals surface area contributed by atoms with Crippen LogP contribution in [0.25, 0.3) is 116 Å². The number of aromatic nitrogens is 4. The average Bonchev–Trinajstić information content (AvgIpc) is 3.84. The standard InChI is InChI=1S/C49H30N4O/c1-3-14-35-34-21-13-23-39-42(34)43-40(52-38-22-11-9-18-31(38)28(2)46(35)52)27-37-33-20-10-12-24-41(33)54-48(37)47(43)53(39)49-50-44(30-16-5-4-6-17-30)36-26-25-29-15-7-8-19-32(29)45(36)51-49/h3-27H,1H2,2H3/b35-14-. The summed E-state index contributed by atoms with van der Waals surface area (Å²) in [5.74, 6) is 0.595. The lowest BCUT2D eigenvalue weighted by Crippen LogP contribution is -2.06. The van der Waals surface area contributed by atoms with Gasteiger partial charge in [0.2, 0.25) is 5.95 Å². The van der Waals surface area contributed by atoms with Gasteiger partial charge in [0, 0.05) is 48.5 Å². The number of fused-ring (bicyclic) bond motifs is 11. The molecule has 0 aliphatic heterocycles. The molecule has 5 aromatic heterocycles. The molecule has 0 radical (unpaired) electrons. The highest BCUT2D eigenvalue weighted by Gasteiger charge is 2.27. The molecule has 0 unspecified atom stereocenters. The van der Waals surface area contributed by atoms with Gasteiger partial charge in [-0.3, -0.25) is 4.57 Å². The smallest absolute Gasteiger partial charge is 0.235 e. The Bertz CT molecular complexity index is 3640. The van der Waals surface area contributed by atoms with Crippen LogP contribution in [0.3, 0.4) is 0 Å². The lowest BCUT2D eigenvalue weighted by atomic mass is 10.0. The molecule has 0 aliphatic rings. The average molecular weight is 691 g/mol. The fourth-order valence-corrected chi connectivity index (χ4v) is 9.16. The molecule has 0 bridgehead atoms. The van der Waals surface area contributed by atoms with Gasteiger partial charge in [0.25, 0.3) is 0 Å². The van der Waals surface area contributed by atoms with Crippen LogP contribution in [-0.4, -0.2) is 18.9 Å². The van der Waals surface area contributed by atoms with E-state index in [1.165, 1.54) is 16.5 Å². The van der Waals surface area contributed by atoms with Gasteiger partial charge in [-0.25, -0.2) is 9.97 Å². The summed E-state index contributed by atoms with van der Waals surface area (Å²) < 4.78 is 11.6. The van der Waals surface area contributed by atoms with Crippen LogP contribution in [0.15, 0.2) is 157 Å². The van der Waals surface area contributed by atoms with E-state index in [2.05, 4.69) is 156 Å². The molecule has 0 saturated heterocycles. The first-order valence-electron chi connectivity index (χ1n) is 18.3. The zero-order chi connectivity index (χ0) is 35.7. The van der Waals surface area contributed by atoms with E-state index in [4.69, 9.17) is 14.4 Å². The fourth-order valence-electron chi connectivity index (χ4n) is 9.16. The Morgan fingerprint density at radius 2 is 1.33 bits per heavy atom. The third kappa shape index (κ3) is 3.72. The number of allylic oxidation sites excluding steroid dienone is 1. The maximum absolute atomic E-state index is 6.93. The second-order valence-corrected chi connectivity index (χ2v) is 14.2. The zero-order valence-corrected chi connectivity index (χ0v) is 29.3. The highest BCUT2D eigenvalue weighted by Crippen LogP contribution is 2.45. The summed E-state index contributed by atoms with van der Waals surface area (Å²) in [7, 11) is 0. The van der Waals surface area contributed by atoms with Crippen molar-refractivity contribution in [2.24, 2.45) is 0 Å². The van der Waals surface area contributed by atoms with Gasteiger partial charge in [0.15, 0.2) is 5.58 Å². The molecule has 0 aliphatic carbocycles. The molecule has 12 aromatic rings. The van der Waals surface area contributed by atoms with Gasteiger partial charge in [0.1, 0.15) is 11.1 Å². The Kier molecular flexibility index (Phi) is 5.79. The van der Waals surface area contributed by atoms with Crippen molar-refractivity contribution in [1.29, 1.82) is 0 Å². The quantitative estimate of drug-likeness (QED) is 0.173. The SMILES string of the molecule is C=C/C=c1/c2cccc3c2c2c(c4oc5ccccc5c4cc2n2c1c(C)c1ccccc12)n3-c1nc(-c2ccccc2)c2ccc3ccccc3c2n1. The molecule has 252 valence electrons. The highest BCUT2D eigenvalue weighted by atomic mass is 16.3. The minimum atomic E-state index is 0.595. The molecule has 0 amide bonds. The van der Waals surface area contributed by atoms with Gasteiger partial charge in [-0.15, -0.1) is 0 Å². The van der Waals surface area contributed by atoms with Crippen molar-refractivity contribution >= 4 is 98.8 Å². The third-order valence-corrected chi connectivity index (χ3v) is 11.4. The van der Waals surface area contributed by atoms with Crippen LogP contribution in [0.5, 0.6) is 0 Å². The largest absolute Gasteiger partial charge is 0.454 e. The molecule has 5 heteroatoms. The van der Waals surface area contributed by atoms with E-state index in [0.29, 0.717) is 5.95 Å². The van der Waals surface area contributed by atoms with E-state index in [1.807, 2.05) is 18.2 Å². The normalized spacial score (nSPS) is 12.7. The summed E-state index contributed by atoms with van der Waals surface area (Å²) in [5, 5.41) is 11.1. The second kappa shape index (κ2) is 10.7. The second-order valence-electron chi connectivity index (χ2n) is 14.2. The molecule has 7 aromatic carbocycles. The molecular formula is C49H30N4O. The Morgan fingerprint density at radius 1 is 0.593 bits per heavy atom. The lowest BCUT2D eigenvalue weighted by Gasteiger charge is -2.13. The van der Waals surface area contributed by atoms with E-state index in [0.717, 1.165) is 98.3 Å². The van der Waals surface area contributed by atoms with E-state index < -0.39 is 0 Å². The molecule has 5 heterocycles. The third-order valence-electron chi connectivity index (χ3n) is 11.4. The van der Waals surface area contributed by atoms with Crippen LogP contribution in [0.2, 0.25) is 0 Å². The Labute approximate surface area is 308 Å². The van der Waals surface area contributed by atoms with Gasteiger partial charge >= 0.3 is 0 Å². The van der Waals surface area contributed by atoms with Crippen LogP contribution in [0, 0.1) is 6.92 Å². The van der Waals surface area contributed by atoms with Crippen LogP contribution >= 0.6 is 0 Å². The van der Waals surface area contributed by atoms with E-state index >= 15 is 0 Å². The lowest BCUT2D eigenvalue weighted by molar-refractivity contribution is 0.671. The number of rotatable bonds is 3. The number of hydrogen-bond donors (Lipinski definition) is 0. The summed E-state index contributed by atoms with van der Waals surface area (Å²) in [5.41, 5.74) is 11.1. The van der Waals surface area contributed by atoms with E-state index in [-0.39, 0.29) is 0 Å². The van der Waals surface area contributed by atoms with Crippen molar-refractivity contribution in [3.63, 3.8) is 0 Å². The van der Waals surface area contributed by atoms with Gasteiger partial charge in [-0.2, -0.15) is 0 Å². The summed E-state index contributed by atoms with van der Waals surface area (Å²) in [6.45, 7) is 6.43. The summed E-state index contributed by atoms with van der Waals surface area (Å²) in [6.07, 6.45) is 4.07. The van der Waals surface area contributed by atoms with Gasteiger partial charge < -0.3 is 8.82 Å². The monoisotopic (exact) mass is 690 g/mol. The number of hydrogen-bond acceptors (Lipinski definition) is 3. The van der Waals surface area contributed by atoms with Crippen molar-refractivity contribution < 1.29 is 4.42 Å². The molecule has 0 fully saturated rings. The summed E-state index contributed by atoms with van der Waals surface area (Å²) >= 11 is 0. The maximum atomic E-state index is 6.93. The number of aryl methyl sites for hydroxylation is 1. The first-order chi connectivity index (χ1) is 26.7. The summed E-state index contributed by atoms with van der Waals surface area (Å²) in [4.78, 5) is 11.0. The zero-order valence-electron chi connectivity index (χ0n) is 29.3. The maximum Gasteiger partial charge on any atom is 0.235 e. The van der Waals surface area contributed by atoms with Gasteiger partial charge in [0.05, 0.1) is 33.3 Å². The molecule has 54 heavy (non-hydrogen) atoms. The Morgan fingerprint density at radius 3 is 2.20 bits per heavy atom. The van der Waals surface area contributed by atoms with Crippen molar-refractivity contribution in [3.8, 4) is 17.2 Å². The Hall–Kier alpha value is -7.24. The highest BCUT2D eigenvalue weighted by molar-refractivity contribution is 6.31. The molecule has 12 rings (SSSR count). The number of benzene rings is 7. The molecule has 0 spiro atoms. The van der Waals surface area contributed by atoms with Crippen LogP contribution in [0.1, 0.15) is 5.56 Å². The predicted molar refractivity (Wildman–Crippen MR) is 225 cm³/mol. The van der Waals surface area contributed by atoms with E-state index in [9.17, 15) is 0 Å². The van der Waals surface area contributed by atoms with Crippen molar-refractivity contribution in [3.05, 3.63) is 163 Å². The Balaban J connectivity index is 1.40. The first-order valence-corrected chi connectivity index (χ1v) is 18.3. The topological polar surface area (TPSA) is 48.3 Å². The predicted octanol–water partition coefficient (Wildman–Crippen LogP) is 12.0. The molecule has 0 N–H and O–H groups in total. The first kappa shape index (κ1) is 29.3. The minimum absolute atomic E-state index is 0.595. The van der Waals surface area contributed by atoms with Crippen molar-refractivity contribution in [1.82, 2.24) is 18.9 Å². The fraction of sp³-hybridized carbons (Fsp3) is 0.0204. The van der Waals surface area contributed by atoms with Gasteiger partial charge in [-0.05, 0) is 53.6 Å². The van der Waals surface area contributed by atoms with Crippen LogP contribution in [-0.2, 0) is 0 Å². The van der Waals surface area contributed by atoms with Crippen molar-refractivity contribution in [2.45, 2.75) is 6.92 Å². The number of nitrogens with zero attached hydrogens (tertiary/aromatic N) is 4. The number of furan rings is 1. The van der Waals surface area contributed by atoms with Crippen LogP contribution < -0.4 is 5.22 Å². The van der Waals surface area contributed by atoms with Gasteiger partial charge in [-0.1, -0.05) is 128 Å². The molecule has 0 atom stereocenters. The summed E-state index contributed by atoms with van der Waals surface area (Å²) in [6, 6.07) is 49.2. The number of para-hydroxylation sites is 2. The van der Waals surface area contributed by atoms with Crippen LogP contribution in [0.4, 0.5) is 0 Å². The minimum Gasteiger partial charge on any atom is -0.454 e. The molecule has 5 nitrogen and oxygen atoms in total. The molecular weight excluding hydrogens is 661 g/mol.